The number of hydrogen-bond acceptors (Lipinski definition) is 2. The summed E-state index contributed by atoms with van der Waals surface area (Å²) in [5.41, 5.74) is 7.74. The average Bonchev–Trinajstić information content (AvgIpc) is 2.83. The highest BCUT2D eigenvalue weighted by atomic mass is 14.6. The fourth-order valence-corrected chi connectivity index (χ4v) is 4.52. The third kappa shape index (κ3) is 3.40. The molecule has 0 amide bonds. The molecule has 144 valence electrons. The Kier molecular flexibility index (Phi) is 4.87. The van der Waals surface area contributed by atoms with Gasteiger partial charge in [0.05, 0.1) is 11.1 Å². The molecule has 2 heteroatoms. The number of pyridine rings is 1. The minimum absolute atomic E-state index is 0.605. The number of nitriles is 1. The van der Waals surface area contributed by atoms with Gasteiger partial charge in [0.25, 0.3) is 0 Å². The van der Waals surface area contributed by atoms with Gasteiger partial charge in [-0.3, -0.25) is 4.98 Å². The summed E-state index contributed by atoms with van der Waals surface area (Å²) in [4.78, 5) is 4.13. The lowest BCUT2D eigenvalue weighted by molar-refractivity contribution is 0.831. The van der Waals surface area contributed by atoms with Crippen LogP contribution in [0.2, 0.25) is 0 Å². The second-order valence-corrected chi connectivity index (χ2v) is 7.80. The molecule has 1 aromatic heterocycles. The predicted octanol–water partition coefficient (Wildman–Crippen LogP) is 7.00. The quantitative estimate of drug-likeness (QED) is 0.326. The zero-order valence-corrected chi connectivity index (χ0v) is 16.8. The zero-order valence-electron chi connectivity index (χ0n) is 16.8. The fraction of sp³-hybridized carbons (Fsp3) is 0.143. The van der Waals surface area contributed by atoms with E-state index in [1.54, 1.807) is 17.3 Å². The smallest absolute Gasteiger partial charge is 0.101 e. The van der Waals surface area contributed by atoms with Gasteiger partial charge in [-0.25, -0.2) is 0 Å². The summed E-state index contributed by atoms with van der Waals surface area (Å²) < 4.78 is 0. The normalized spacial score (nSPS) is 14.5. The van der Waals surface area contributed by atoms with E-state index >= 15 is 0 Å². The Morgan fingerprint density at radius 2 is 1.67 bits per heavy atom. The van der Waals surface area contributed by atoms with Gasteiger partial charge in [-0.2, -0.15) is 5.26 Å². The van der Waals surface area contributed by atoms with Crippen LogP contribution in [0, 0.1) is 11.3 Å². The molecule has 4 aromatic rings. The number of fused-ring (bicyclic) bond motifs is 5. The number of aryl methyl sites for hydroxylation is 1. The van der Waals surface area contributed by atoms with Crippen LogP contribution in [0.25, 0.3) is 27.2 Å². The number of para-hydroxylation sites is 1. The second-order valence-electron chi connectivity index (χ2n) is 7.80. The molecular weight excluding hydrogens is 364 g/mol. The Bertz CT molecular complexity index is 1350. The van der Waals surface area contributed by atoms with Crippen molar-refractivity contribution >= 4 is 27.2 Å². The van der Waals surface area contributed by atoms with Crippen LogP contribution in [0.1, 0.15) is 36.0 Å². The van der Waals surface area contributed by atoms with E-state index in [-0.39, 0.29) is 0 Å². The highest BCUT2D eigenvalue weighted by molar-refractivity contribution is 5.93. The molecule has 0 bridgehead atoms. The Hall–Kier alpha value is -3.70. The van der Waals surface area contributed by atoms with Crippen LogP contribution in [-0.2, 0) is 6.42 Å². The van der Waals surface area contributed by atoms with Crippen molar-refractivity contribution in [3.05, 3.63) is 107 Å². The third-order valence-corrected chi connectivity index (χ3v) is 6.01. The van der Waals surface area contributed by atoms with Crippen molar-refractivity contribution in [1.82, 2.24) is 4.98 Å². The second kappa shape index (κ2) is 7.97. The molecular formula is C28H22N2. The molecule has 0 unspecified atom stereocenters. The Balaban J connectivity index is 0.000000140. The van der Waals surface area contributed by atoms with Crippen molar-refractivity contribution in [3.8, 4) is 6.07 Å². The lowest BCUT2D eigenvalue weighted by Gasteiger charge is -2.25. The first-order valence-electron chi connectivity index (χ1n) is 10.5. The maximum Gasteiger partial charge on any atom is 0.101 e. The van der Waals surface area contributed by atoms with Crippen molar-refractivity contribution in [3.63, 3.8) is 0 Å². The van der Waals surface area contributed by atoms with Crippen molar-refractivity contribution in [1.29, 1.82) is 5.26 Å². The van der Waals surface area contributed by atoms with Crippen LogP contribution in [-0.4, -0.2) is 4.98 Å². The largest absolute Gasteiger partial charge is 0.255 e. The van der Waals surface area contributed by atoms with Crippen LogP contribution in [0.5, 0.6) is 0 Å². The lowest BCUT2D eigenvalue weighted by Crippen LogP contribution is -2.06. The van der Waals surface area contributed by atoms with E-state index < -0.39 is 0 Å². The fourth-order valence-electron chi connectivity index (χ4n) is 4.52. The molecule has 2 nitrogen and oxygen atoms in total. The van der Waals surface area contributed by atoms with Crippen LogP contribution < -0.4 is 0 Å². The van der Waals surface area contributed by atoms with E-state index in [1.165, 1.54) is 47.6 Å². The van der Waals surface area contributed by atoms with E-state index in [2.05, 4.69) is 59.6 Å². The molecule has 0 atom stereocenters. The van der Waals surface area contributed by atoms with Crippen LogP contribution in [0.15, 0.2) is 90.7 Å². The van der Waals surface area contributed by atoms with E-state index in [4.69, 9.17) is 5.26 Å². The van der Waals surface area contributed by atoms with Gasteiger partial charge in [0, 0.05) is 11.6 Å². The van der Waals surface area contributed by atoms with Crippen molar-refractivity contribution in [2.75, 3.05) is 0 Å². The molecule has 2 aliphatic carbocycles. The summed E-state index contributed by atoms with van der Waals surface area (Å²) in [5.74, 6) is 0. The van der Waals surface area contributed by atoms with Crippen LogP contribution in [0.3, 0.4) is 0 Å². The zero-order chi connectivity index (χ0) is 20.3. The topological polar surface area (TPSA) is 36.7 Å². The molecule has 2 aliphatic rings. The van der Waals surface area contributed by atoms with Crippen molar-refractivity contribution < 1.29 is 0 Å². The summed E-state index contributed by atoms with van der Waals surface area (Å²) in [6, 6.07) is 25.0. The molecule has 3 aromatic carbocycles. The first-order chi connectivity index (χ1) is 14.8. The van der Waals surface area contributed by atoms with E-state index in [0.29, 0.717) is 5.56 Å². The van der Waals surface area contributed by atoms with Crippen molar-refractivity contribution in [2.24, 2.45) is 0 Å². The highest BCUT2D eigenvalue weighted by Crippen LogP contribution is 2.39. The van der Waals surface area contributed by atoms with Gasteiger partial charge in [0.1, 0.15) is 6.07 Å². The van der Waals surface area contributed by atoms with Gasteiger partial charge >= 0.3 is 0 Å². The summed E-state index contributed by atoms with van der Waals surface area (Å²) in [7, 11) is 0. The summed E-state index contributed by atoms with van der Waals surface area (Å²) in [6.45, 7) is 0. The summed E-state index contributed by atoms with van der Waals surface area (Å²) >= 11 is 0. The molecule has 0 fully saturated rings. The van der Waals surface area contributed by atoms with Gasteiger partial charge in [-0.05, 0) is 65.3 Å². The lowest BCUT2D eigenvalue weighted by atomic mass is 9.80. The summed E-state index contributed by atoms with van der Waals surface area (Å²) in [5, 5.41) is 12.4. The third-order valence-electron chi connectivity index (χ3n) is 6.01. The van der Waals surface area contributed by atoms with Gasteiger partial charge in [-0.1, -0.05) is 72.3 Å². The van der Waals surface area contributed by atoms with E-state index in [0.717, 1.165) is 10.9 Å². The molecule has 0 spiro atoms. The standard InChI is InChI=1S/C18H16.C10H6N2/c1-3-7-15-13(5-1)9-11-18-16-8-4-2-6-14(16)10-12-17(15)18;11-6-8-5-9-3-1-2-4-10(9)12-7-8/h1,3-5,7-9,11H,2,6,10,12H2;1-5,7H. The Labute approximate surface area is 176 Å². The molecule has 6 rings (SSSR count). The van der Waals surface area contributed by atoms with E-state index in [9.17, 15) is 0 Å². The minimum Gasteiger partial charge on any atom is -0.255 e. The molecule has 0 aliphatic heterocycles. The number of nitrogens with zero attached hydrogens (tertiary/aromatic N) is 2. The van der Waals surface area contributed by atoms with Crippen molar-refractivity contribution in [2.45, 2.75) is 25.7 Å². The number of rotatable bonds is 0. The molecule has 0 saturated heterocycles. The first kappa shape index (κ1) is 18.3. The summed E-state index contributed by atoms with van der Waals surface area (Å²) in [6.07, 6.45) is 11.2. The van der Waals surface area contributed by atoms with Crippen LogP contribution >= 0.6 is 0 Å². The highest BCUT2D eigenvalue weighted by Gasteiger charge is 2.20. The van der Waals surface area contributed by atoms with Gasteiger partial charge in [0.2, 0.25) is 0 Å². The Morgan fingerprint density at radius 3 is 2.57 bits per heavy atom. The molecule has 0 N–H and O–H groups in total. The first-order valence-corrected chi connectivity index (χ1v) is 10.5. The molecule has 1 heterocycles. The maximum atomic E-state index is 8.61. The van der Waals surface area contributed by atoms with Crippen LogP contribution in [0.4, 0.5) is 0 Å². The number of hydrogen-bond donors (Lipinski definition) is 0. The monoisotopic (exact) mass is 386 g/mol. The Morgan fingerprint density at radius 1 is 0.833 bits per heavy atom. The number of allylic oxidation sites excluding steroid dienone is 4. The molecule has 0 saturated carbocycles. The average molecular weight is 386 g/mol. The molecule has 0 radical (unpaired) electrons. The predicted molar refractivity (Wildman–Crippen MR) is 124 cm³/mol. The van der Waals surface area contributed by atoms with Gasteiger partial charge in [0.15, 0.2) is 0 Å². The van der Waals surface area contributed by atoms with E-state index in [1.807, 2.05) is 30.3 Å². The molecule has 30 heavy (non-hydrogen) atoms. The minimum atomic E-state index is 0.605. The maximum absolute atomic E-state index is 8.61. The SMILES string of the molecule is C1=CC2=C(CC1)CCc1c2ccc2ccccc12.N#Cc1cnc2ccccc2c1. The van der Waals surface area contributed by atoms with Gasteiger partial charge in [-0.15, -0.1) is 0 Å². The number of aromatic nitrogens is 1. The van der Waals surface area contributed by atoms with Gasteiger partial charge < -0.3 is 0 Å². The number of benzene rings is 3.